The molecule has 0 aliphatic heterocycles. The Balaban J connectivity index is 2.86. The molecule has 1 aromatic rings. The smallest absolute Gasteiger partial charge is 0.323 e. The van der Waals surface area contributed by atoms with Gasteiger partial charge in [0.05, 0.1) is 11.8 Å². The molecule has 16 heavy (non-hydrogen) atoms. The van der Waals surface area contributed by atoms with Gasteiger partial charge in [0, 0.05) is 12.7 Å². The predicted octanol–water partition coefficient (Wildman–Crippen LogP) is 0.767. The quantitative estimate of drug-likeness (QED) is 0.823. The number of carboxylic acids is 1. The second-order valence-electron chi connectivity index (χ2n) is 3.10. The zero-order chi connectivity index (χ0) is 12.1. The van der Waals surface area contributed by atoms with Gasteiger partial charge in [0.15, 0.2) is 0 Å². The van der Waals surface area contributed by atoms with Gasteiger partial charge >= 0.3 is 5.97 Å². The van der Waals surface area contributed by atoms with Gasteiger partial charge < -0.3 is 10.0 Å². The van der Waals surface area contributed by atoms with Gasteiger partial charge in [-0.25, -0.2) is 4.39 Å². The van der Waals surface area contributed by atoms with Crippen molar-refractivity contribution in [3.8, 4) is 0 Å². The molecule has 0 unspecified atom stereocenters. The molecule has 5 nitrogen and oxygen atoms in total. The molecule has 0 aliphatic carbocycles. The van der Waals surface area contributed by atoms with Gasteiger partial charge in [0.1, 0.15) is 12.4 Å². The highest BCUT2D eigenvalue weighted by molar-refractivity contribution is 5.95. The minimum absolute atomic E-state index is 0.0445. The van der Waals surface area contributed by atoms with Gasteiger partial charge in [0.2, 0.25) is 0 Å². The normalized spacial score (nSPS) is 9.88. The van der Waals surface area contributed by atoms with E-state index in [9.17, 15) is 14.0 Å². The van der Waals surface area contributed by atoms with Crippen LogP contribution in [0.15, 0.2) is 18.5 Å². The number of hydrogen-bond donors (Lipinski definition) is 1. The minimum Gasteiger partial charge on any atom is -0.480 e. The first-order valence-corrected chi connectivity index (χ1v) is 4.66. The molecular formula is C10H11FN2O3. The minimum atomic E-state index is -1.11. The van der Waals surface area contributed by atoms with Crippen molar-refractivity contribution in [3.63, 3.8) is 0 Å². The van der Waals surface area contributed by atoms with Crippen LogP contribution in [0.25, 0.3) is 0 Å². The Morgan fingerprint density at radius 1 is 1.50 bits per heavy atom. The van der Waals surface area contributed by atoms with E-state index in [0.717, 1.165) is 17.2 Å². The van der Waals surface area contributed by atoms with Crippen LogP contribution in [0.4, 0.5) is 4.39 Å². The second kappa shape index (κ2) is 5.20. The molecule has 1 heterocycles. The lowest BCUT2D eigenvalue weighted by Gasteiger charge is -2.18. The van der Waals surface area contributed by atoms with E-state index in [1.54, 1.807) is 6.92 Å². The number of pyridine rings is 1. The van der Waals surface area contributed by atoms with Gasteiger partial charge in [-0.15, -0.1) is 0 Å². The van der Waals surface area contributed by atoms with Crippen molar-refractivity contribution in [2.24, 2.45) is 0 Å². The lowest BCUT2D eigenvalue weighted by Crippen LogP contribution is -2.35. The standard InChI is InChI=1S/C10H11FN2O3/c1-2-13(6-9(14)15)10(16)7-3-8(11)5-12-4-7/h3-5H,2,6H2,1H3,(H,14,15). The average Bonchev–Trinajstić information content (AvgIpc) is 2.24. The number of likely N-dealkylation sites (N-methyl/N-ethyl adjacent to an activating group) is 1. The van der Waals surface area contributed by atoms with Gasteiger partial charge in [-0.2, -0.15) is 0 Å². The van der Waals surface area contributed by atoms with E-state index in [1.807, 2.05) is 0 Å². The Kier molecular flexibility index (Phi) is 3.93. The van der Waals surface area contributed by atoms with E-state index in [4.69, 9.17) is 5.11 Å². The molecule has 1 amide bonds. The summed E-state index contributed by atoms with van der Waals surface area (Å²) in [6.45, 7) is 1.47. The topological polar surface area (TPSA) is 70.5 Å². The van der Waals surface area contributed by atoms with Crippen LogP contribution in [0.5, 0.6) is 0 Å². The van der Waals surface area contributed by atoms with Crippen LogP contribution >= 0.6 is 0 Å². The summed E-state index contributed by atoms with van der Waals surface area (Å²) in [5.74, 6) is -2.28. The highest BCUT2D eigenvalue weighted by Crippen LogP contribution is 2.05. The van der Waals surface area contributed by atoms with E-state index in [0.29, 0.717) is 0 Å². The molecule has 0 spiro atoms. The number of carboxylic acid groups (broad SMARTS) is 1. The van der Waals surface area contributed by atoms with Crippen molar-refractivity contribution in [1.29, 1.82) is 0 Å². The molecule has 0 atom stereocenters. The molecule has 0 saturated heterocycles. The summed E-state index contributed by atoms with van der Waals surface area (Å²) in [5.41, 5.74) is 0.0445. The Hall–Kier alpha value is -1.98. The fourth-order valence-electron chi connectivity index (χ4n) is 1.20. The molecule has 0 bridgehead atoms. The molecule has 0 saturated carbocycles. The van der Waals surface area contributed by atoms with Crippen LogP contribution in [0.2, 0.25) is 0 Å². The number of nitrogens with zero attached hydrogens (tertiary/aromatic N) is 2. The third-order valence-corrected chi connectivity index (χ3v) is 1.95. The summed E-state index contributed by atoms with van der Waals surface area (Å²) in [5, 5.41) is 8.58. The highest BCUT2D eigenvalue weighted by Gasteiger charge is 2.17. The first kappa shape index (κ1) is 12.1. The average molecular weight is 226 g/mol. The van der Waals surface area contributed by atoms with Crippen LogP contribution in [-0.2, 0) is 4.79 Å². The fraction of sp³-hybridized carbons (Fsp3) is 0.300. The molecule has 1 aromatic heterocycles. The Morgan fingerprint density at radius 3 is 2.69 bits per heavy atom. The number of amides is 1. The maximum absolute atomic E-state index is 12.8. The maximum atomic E-state index is 12.8. The number of rotatable bonds is 4. The van der Waals surface area contributed by atoms with Crippen molar-refractivity contribution in [2.75, 3.05) is 13.1 Å². The van der Waals surface area contributed by atoms with Crippen molar-refractivity contribution in [1.82, 2.24) is 9.88 Å². The number of carbonyl (C=O) groups excluding carboxylic acids is 1. The van der Waals surface area contributed by atoms with Gasteiger partial charge in [-0.3, -0.25) is 14.6 Å². The second-order valence-corrected chi connectivity index (χ2v) is 3.10. The lowest BCUT2D eigenvalue weighted by molar-refractivity contribution is -0.137. The first-order chi connectivity index (χ1) is 7.54. The van der Waals surface area contributed by atoms with Crippen molar-refractivity contribution in [3.05, 3.63) is 29.8 Å². The molecule has 0 aromatic carbocycles. The van der Waals surface area contributed by atoms with Crippen LogP contribution in [0.1, 0.15) is 17.3 Å². The number of aliphatic carboxylic acids is 1. The molecule has 6 heteroatoms. The van der Waals surface area contributed by atoms with Gasteiger partial charge in [0.25, 0.3) is 5.91 Å². The SMILES string of the molecule is CCN(CC(=O)O)C(=O)c1cncc(F)c1. The van der Waals surface area contributed by atoms with Crippen molar-refractivity contribution in [2.45, 2.75) is 6.92 Å². The van der Waals surface area contributed by atoms with E-state index >= 15 is 0 Å². The first-order valence-electron chi connectivity index (χ1n) is 4.66. The summed E-state index contributed by atoms with van der Waals surface area (Å²) < 4.78 is 12.8. The number of halogens is 1. The number of carbonyl (C=O) groups is 2. The van der Waals surface area contributed by atoms with Crippen LogP contribution in [-0.4, -0.2) is 40.0 Å². The number of hydrogen-bond acceptors (Lipinski definition) is 3. The fourth-order valence-corrected chi connectivity index (χ4v) is 1.20. The van der Waals surface area contributed by atoms with Crippen molar-refractivity contribution >= 4 is 11.9 Å². The monoisotopic (exact) mass is 226 g/mol. The van der Waals surface area contributed by atoms with Gasteiger partial charge in [-0.05, 0) is 13.0 Å². The highest BCUT2D eigenvalue weighted by atomic mass is 19.1. The maximum Gasteiger partial charge on any atom is 0.323 e. The Bertz CT molecular complexity index is 409. The molecule has 0 aliphatic rings. The molecule has 1 rings (SSSR count). The molecule has 0 radical (unpaired) electrons. The molecular weight excluding hydrogens is 215 g/mol. The zero-order valence-electron chi connectivity index (χ0n) is 8.68. The van der Waals surface area contributed by atoms with E-state index < -0.39 is 24.2 Å². The van der Waals surface area contributed by atoms with Crippen LogP contribution in [0, 0.1) is 5.82 Å². The van der Waals surface area contributed by atoms with Crippen LogP contribution in [0.3, 0.4) is 0 Å². The molecule has 0 fully saturated rings. The lowest BCUT2D eigenvalue weighted by atomic mass is 10.2. The molecule has 86 valence electrons. The Morgan fingerprint density at radius 2 is 2.19 bits per heavy atom. The van der Waals surface area contributed by atoms with E-state index in [1.165, 1.54) is 6.20 Å². The van der Waals surface area contributed by atoms with E-state index in [-0.39, 0.29) is 12.1 Å². The number of aromatic nitrogens is 1. The predicted molar refractivity (Wildman–Crippen MR) is 53.4 cm³/mol. The summed E-state index contributed by atoms with van der Waals surface area (Å²) in [6.07, 6.45) is 2.18. The van der Waals surface area contributed by atoms with Crippen LogP contribution < -0.4 is 0 Å². The molecule has 1 N–H and O–H groups in total. The third-order valence-electron chi connectivity index (χ3n) is 1.95. The zero-order valence-corrected chi connectivity index (χ0v) is 8.68. The summed E-state index contributed by atoms with van der Waals surface area (Å²) in [4.78, 5) is 26.8. The van der Waals surface area contributed by atoms with Crippen molar-refractivity contribution < 1.29 is 19.1 Å². The largest absolute Gasteiger partial charge is 0.480 e. The third kappa shape index (κ3) is 3.01. The Labute approximate surface area is 91.5 Å². The summed E-state index contributed by atoms with van der Waals surface area (Å²) in [6, 6.07) is 1.03. The summed E-state index contributed by atoms with van der Waals surface area (Å²) in [7, 11) is 0. The summed E-state index contributed by atoms with van der Waals surface area (Å²) >= 11 is 0. The van der Waals surface area contributed by atoms with E-state index in [2.05, 4.69) is 4.98 Å². The van der Waals surface area contributed by atoms with Gasteiger partial charge in [-0.1, -0.05) is 0 Å².